The number of hydrogen-bond donors (Lipinski definition) is 2. The number of fused-ring (bicyclic) bond motifs is 1. The minimum Gasteiger partial charge on any atom is -0.444 e. The molecule has 0 spiro atoms. The van der Waals surface area contributed by atoms with E-state index in [9.17, 15) is 4.79 Å². The van der Waals surface area contributed by atoms with Gasteiger partial charge in [-0.3, -0.25) is 0 Å². The number of alkyl carbamates (subject to hydrolysis) is 1. The first kappa shape index (κ1) is 17.4. The lowest BCUT2D eigenvalue weighted by atomic mass is 9.83. The molecule has 1 amide bonds. The highest BCUT2D eigenvalue weighted by atomic mass is 16.6. The third-order valence-electron chi connectivity index (χ3n) is 3.84. The second kappa shape index (κ2) is 6.26. The molecule has 23 heavy (non-hydrogen) atoms. The molecule has 2 aromatic rings. The Labute approximate surface area is 138 Å². The highest BCUT2D eigenvalue weighted by molar-refractivity contribution is 5.83. The van der Waals surface area contributed by atoms with E-state index < -0.39 is 5.60 Å². The van der Waals surface area contributed by atoms with E-state index in [0.717, 1.165) is 11.9 Å². The first-order valence-electron chi connectivity index (χ1n) is 8.11. The van der Waals surface area contributed by atoms with Crippen molar-refractivity contribution in [1.29, 1.82) is 0 Å². The topological polar surface area (TPSA) is 54.1 Å². The van der Waals surface area contributed by atoms with E-state index >= 15 is 0 Å². The molecular weight excluding hydrogens is 288 g/mol. The van der Waals surface area contributed by atoms with Gasteiger partial charge in [0.2, 0.25) is 0 Å². The fraction of sp³-hybridized carbons (Fsp3) is 0.526. The van der Waals surface area contributed by atoms with Crippen molar-refractivity contribution in [3.8, 4) is 0 Å². The Morgan fingerprint density at radius 1 is 1.17 bits per heavy atom. The van der Waals surface area contributed by atoms with Crippen molar-refractivity contribution in [2.45, 2.75) is 59.6 Å². The van der Waals surface area contributed by atoms with Crippen molar-refractivity contribution in [3.05, 3.63) is 36.0 Å². The number of benzene rings is 1. The first-order valence-corrected chi connectivity index (χ1v) is 8.11. The predicted octanol–water partition coefficient (Wildman–Crippen LogP) is 4.65. The molecule has 1 atom stereocenters. The second-order valence-electron chi connectivity index (χ2n) is 8.13. The van der Waals surface area contributed by atoms with Crippen LogP contribution < -0.4 is 5.32 Å². The monoisotopic (exact) mass is 316 g/mol. The number of nitrogens with one attached hydrogen (secondary N) is 2. The Bertz CT molecular complexity index is 674. The molecule has 0 unspecified atom stereocenters. The Balaban J connectivity index is 2.18. The number of carbonyl (C=O) groups excluding carboxylic acids is 1. The summed E-state index contributed by atoms with van der Waals surface area (Å²) in [6, 6.07) is 8.20. The van der Waals surface area contributed by atoms with Gasteiger partial charge in [-0.25, -0.2) is 4.79 Å². The van der Waals surface area contributed by atoms with Crippen LogP contribution >= 0.6 is 0 Å². The van der Waals surface area contributed by atoms with Crippen LogP contribution in [0, 0.1) is 5.41 Å². The molecule has 4 nitrogen and oxygen atoms in total. The van der Waals surface area contributed by atoms with Crippen LogP contribution in [0.3, 0.4) is 0 Å². The van der Waals surface area contributed by atoms with E-state index in [2.05, 4.69) is 43.2 Å². The predicted molar refractivity (Wildman–Crippen MR) is 94.6 cm³/mol. The zero-order valence-corrected chi connectivity index (χ0v) is 15.0. The van der Waals surface area contributed by atoms with Crippen molar-refractivity contribution < 1.29 is 9.53 Å². The average Bonchev–Trinajstić information content (AvgIpc) is 2.78. The number of carbonyl (C=O) groups is 1. The highest BCUT2D eigenvalue weighted by Gasteiger charge is 2.29. The molecule has 2 N–H and O–H groups in total. The van der Waals surface area contributed by atoms with Crippen molar-refractivity contribution in [2.75, 3.05) is 0 Å². The summed E-state index contributed by atoms with van der Waals surface area (Å²) in [4.78, 5) is 15.5. The molecule has 4 heteroatoms. The van der Waals surface area contributed by atoms with Crippen LogP contribution in [-0.2, 0) is 11.2 Å². The van der Waals surface area contributed by atoms with Gasteiger partial charge in [-0.2, -0.15) is 0 Å². The van der Waals surface area contributed by atoms with E-state index in [1.807, 2.05) is 39.1 Å². The Kier molecular flexibility index (Phi) is 4.73. The highest BCUT2D eigenvalue weighted by Crippen LogP contribution is 2.26. The quantitative estimate of drug-likeness (QED) is 0.866. The zero-order valence-electron chi connectivity index (χ0n) is 15.0. The molecule has 126 valence electrons. The van der Waals surface area contributed by atoms with E-state index in [4.69, 9.17) is 4.74 Å². The third kappa shape index (κ3) is 4.75. The lowest BCUT2D eigenvalue weighted by Crippen LogP contribution is -2.47. The summed E-state index contributed by atoms with van der Waals surface area (Å²) in [6.45, 7) is 12.0. The fourth-order valence-electron chi connectivity index (χ4n) is 2.54. The minimum absolute atomic E-state index is 0.0171. The molecule has 1 aromatic heterocycles. The number of ether oxygens (including phenoxy) is 1. The summed E-state index contributed by atoms with van der Waals surface area (Å²) in [6.07, 6.45) is 2.42. The Hall–Kier alpha value is -1.97. The van der Waals surface area contributed by atoms with Gasteiger partial charge in [-0.1, -0.05) is 39.0 Å². The van der Waals surface area contributed by atoms with Gasteiger partial charge in [0.05, 0.1) is 0 Å². The van der Waals surface area contributed by atoms with Gasteiger partial charge in [0, 0.05) is 23.1 Å². The number of aromatic nitrogens is 1. The summed E-state index contributed by atoms with van der Waals surface area (Å²) < 4.78 is 5.41. The zero-order chi connectivity index (χ0) is 17.3. The number of para-hydroxylation sites is 1. The summed E-state index contributed by atoms with van der Waals surface area (Å²) in [5.74, 6) is 0. The molecular formula is C19H28N2O2. The van der Waals surface area contributed by atoms with Crippen LogP contribution in [-0.4, -0.2) is 22.7 Å². The maximum absolute atomic E-state index is 12.2. The summed E-state index contributed by atoms with van der Waals surface area (Å²) in [5, 5.41) is 4.24. The maximum atomic E-state index is 12.2. The number of hydrogen-bond acceptors (Lipinski definition) is 2. The van der Waals surface area contributed by atoms with Gasteiger partial charge in [-0.15, -0.1) is 0 Å². The van der Waals surface area contributed by atoms with Crippen LogP contribution in [0.15, 0.2) is 30.5 Å². The molecule has 1 heterocycles. The maximum Gasteiger partial charge on any atom is 0.407 e. The van der Waals surface area contributed by atoms with Crippen molar-refractivity contribution in [3.63, 3.8) is 0 Å². The molecule has 0 aliphatic carbocycles. The minimum atomic E-state index is -0.493. The van der Waals surface area contributed by atoms with Crippen molar-refractivity contribution in [1.82, 2.24) is 10.3 Å². The SMILES string of the molecule is CC(C)(C)OC(=O)N[C@@H](Cc1c[nH]c2ccccc12)C(C)(C)C. The van der Waals surface area contributed by atoms with Crippen LogP contribution in [0.25, 0.3) is 10.9 Å². The number of rotatable bonds is 3. The third-order valence-corrected chi connectivity index (χ3v) is 3.84. The van der Waals surface area contributed by atoms with Gasteiger partial charge < -0.3 is 15.0 Å². The molecule has 0 fully saturated rings. The molecule has 1 aromatic carbocycles. The van der Waals surface area contributed by atoms with Crippen molar-refractivity contribution >= 4 is 17.0 Å². The average molecular weight is 316 g/mol. The Morgan fingerprint density at radius 3 is 2.43 bits per heavy atom. The van der Waals surface area contributed by atoms with Crippen LogP contribution in [0.4, 0.5) is 4.79 Å². The normalized spacial score (nSPS) is 13.8. The van der Waals surface area contributed by atoms with E-state index in [1.165, 1.54) is 10.9 Å². The molecule has 0 aliphatic rings. The van der Waals surface area contributed by atoms with E-state index in [0.29, 0.717) is 0 Å². The van der Waals surface area contributed by atoms with Crippen LogP contribution in [0.2, 0.25) is 0 Å². The summed E-state index contributed by atoms with van der Waals surface area (Å²) in [7, 11) is 0. The molecule has 0 saturated carbocycles. The molecule has 0 saturated heterocycles. The van der Waals surface area contributed by atoms with Gasteiger partial charge in [0.1, 0.15) is 5.60 Å². The lowest BCUT2D eigenvalue weighted by molar-refractivity contribution is 0.0464. The number of aromatic amines is 1. The number of H-pyrrole nitrogens is 1. The summed E-state index contributed by atoms with van der Waals surface area (Å²) >= 11 is 0. The van der Waals surface area contributed by atoms with Gasteiger partial charge in [0.25, 0.3) is 0 Å². The summed E-state index contributed by atoms with van der Waals surface area (Å²) in [5.41, 5.74) is 1.76. The smallest absolute Gasteiger partial charge is 0.407 e. The molecule has 2 rings (SSSR count). The largest absolute Gasteiger partial charge is 0.444 e. The van der Waals surface area contributed by atoms with Crippen LogP contribution in [0.1, 0.15) is 47.1 Å². The second-order valence-corrected chi connectivity index (χ2v) is 8.13. The van der Waals surface area contributed by atoms with Crippen LogP contribution in [0.5, 0.6) is 0 Å². The molecule has 0 bridgehead atoms. The standard InChI is InChI=1S/C19H28N2O2/c1-18(2,3)16(21-17(22)23-19(4,5)6)11-13-12-20-15-10-8-7-9-14(13)15/h7-10,12,16,20H,11H2,1-6H3,(H,21,22)/t16-/m0/s1. The molecule has 0 aliphatic heterocycles. The van der Waals surface area contributed by atoms with E-state index in [1.54, 1.807) is 0 Å². The van der Waals surface area contributed by atoms with E-state index in [-0.39, 0.29) is 17.6 Å². The number of amides is 1. The molecule has 0 radical (unpaired) electrons. The lowest BCUT2D eigenvalue weighted by Gasteiger charge is -2.32. The Morgan fingerprint density at radius 2 is 1.83 bits per heavy atom. The van der Waals surface area contributed by atoms with Gasteiger partial charge in [0.15, 0.2) is 0 Å². The first-order chi connectivity index (χ1) is 10.6. The van der Waals surface area contributed by atoms with Gasteiger partial charge >= 0.3 is 6.09 Å². The fourth-order valence-corrected chi connectivity index (χ4v) is 2.54. The van der Waals surface area contributed by atoms with Gasteiger partial charge in [-0.05, 0) is 44.2 Å². The van der Waals surface area contributed by atoms with Crippen molar-refractivity contribution in [2.24, 2.45) is 5.41 Å².